The van der Waals surface area contributed by atoms with Gasteiger partial charge >= 0.3 is 0 Å². The second-order valence-corrected chi connectivity index (χ2v) is 6.33. The lowest BCUT2D eigenvalue weighted by Crippen LogP contribution is -2.18. The van der Waals surface area contributed by atoms with E-state index in [1.807, 2.05) is 23.1 Å². The highest BCUT2D eigenvalue weighted by atomic mass is 16.3. The molecule has 3 atom stereocenters. The van der Waals surface area contributed by atoms with Crippen molar-refractivity contribution in [3.8, 4) is 17.3 Å². The summed E-state index contributed by atoms with van der Waals surface area (Å²) in [5.74, 6) is 0.282. The number of nitriles is 1. The summed E-state index contributed by atoms with van der Waals surface area (Å²) in [6.07, 6.45) is 9.70. The van der Waals surface area contributed by atoms with Crippen LogP contribution in [0.5, 0.6) is 0 Å². The smallest absolute Gasteiger partial charge is 0.141 e. The van der Waals surface area contributed by atoms with Gasteiger partial charge in [-0.15, -0.1) is 0 Å². The Labute approximate surface area is 139 Å². The maximum Gasteiger partial charge on any atom is 0.141 e. The van der Waals surface area contributed by atoms with Gasteiger partial charge in [-0.05, 0) is 31.2 Å². The fourth-order valence-electron chi connectivity index (χ4n) is 3.65. The Balaban J connectivity index is 1.68. The number of fused-ring (bicyclic) bond motifs is 1. The number of nitrogens with one attached hydrogen (secondary N) is 1. The van der Waals surface area contributed by atoms with Gasteiger partial charge in [0.1, 0.15) is 12.0 Å². The molecule has 1 saturated carbocycles. The van der Waals surface area contributed by atoms with Crippen LogP contribution >= 0.6 is 0 Å². The Hall–Kier alpha value is -2.72. The molecule has 3 aromatic heterocycles. The molecule has 0 aliphatic heterocycles. The molecule has 2 unspecified atom stereocenters. The number of H-pyrrole nitrogens is 1. The van der Waals surface area contributed by atoms with Crippen LogP contribution < -0.4 is 0 Å². The molecular weight excluding hydrogens is 304 g/mol. The molecule has 122 valence electrons. The van der Waals surface area contributed by atoms with E-state index in [2.05, 4.69) is 26.1 Å². The monoisotopic (exact) mass is 322 g/mol. The van der Waals surface area contributed by atoms with Crippen molar-refractivity contribution in [2.45, 2.75) is 37.8 Å². The van der Waals surface area contributed by atoms with Crippen LogP contribution in [0.4, 0.5) is 0 Å². The first-order chi connectivity index (χ1) is 11.8. The van der Waals surface area contributed by atoms with Gasteiger partial charge in [0.15, 0.2) is 0 Å². The zero-order valence-electron chi connectivity index (χ0n) is 13.1. The SMILES string of the molecule is N#CC[C@H](C1CCC(O)C1)n1cc(-c2ncnc3[nH]ccc23)cn1. The molecule has 0 amide bonds. The van der Waals surface area contributed by atoms with Crippen LogP contribution in [0.25, 0.3) is 22.3 Å². The Morgan fingerprint density at radius 3 is 3.12 bits per heavy atom. The van der Waals surface area contributed by atoms with Crippen LogP contribution in [0.3, 0.4) is 0 Å². The molecule has 0 spiro atoms. The molecule has 1 aliphatic carbocycles. The average Bonchev–Trinajstić information content (AvgIpc) is 3.32. The highest BCUT2D eigenvalue weighted by Gasteiger charge is 2.31. The Morgan fingerprint density at radius 2 is 2.33 bits per heavy atom. The zero-order valence-corrected chi connectivity index (χ0v) is 13.1. The van der Waals surface area contributed by atoms with Gasteiger partial charge in [-0.1, -0.05) is 0 Å². The summed E-state index contributed by atoms with van der Waals surface area (Å²) in [5.41, 5.74) is 2.53. The van der Waals surface area contributed by atoms with Gasteiger partial charge in [-0.25, -0.2) is 9.97 Å². The van der Waals surface area contributed by atoms with Crippen LogP contribution in [0, 0.1) is 17.2 Å². The van der Waals surface area contributed by atoms with E-state index in [1.165, 1.54) is 6.33 Å². The van der Waals surface area contributed by atoms with E-state index in [1.54, 1.807) is 6.20 Å². The highest BCUT2D eigenvalue weighted by Crippen LogP contribution is 2.36. The van der Waals surface area contributed by atoms with Gasteiger partial charge in [0, 0.05) is 23.3 Å². The first-order valence-corrected chi connectivity index (χ1v) is 8.14. The topological polar surface area (TPSA) is 103 Å². The molecule has 24 heavy (non-hydrogen) atoms. The van der Waals surface area contributed by atoms with Crippen molar-refractivity contribution in [3.05, 3.63) is 31.0 Å². The third kappa shape index (κ3) is 2.55. The lowest BCUT2D eigenvalue weighted by atomic mass is 9.96. The van der Waals surface area contributed by atoms with E-state index in [4.69, 9.17) is 0 Å². The van der Waals surface area contributed by atoms with Crippen LogP contribution in [0.2, 0.25) is 0 Å². The van der Waals surface area contributed by atoms with Crippen molar-refractivity contribution in [3.63, 3.8) is 0 Å². The quantitative estimate of drug-likeness (QED) is 0.768. The number of aromatic amines is 1. The van der Waals surface area contributed by atoms with Crippen molar-refractivity contribution in [2.75, 3.05) is 0 Å². The molecule has 0 saturated heterocycles. The molecule has 0 radical (unpaired) electrons. The number of nitrogens with zero attached hydrogens (tertiary/aromatic N) is 5. The van der Waals surface area contributed by atoms with Crippen LogP contribution in [0.15, 0.2) is 31.0 Å². The molecule has 1 aliphatic rings. The average molecular weight is 322 g/mol. The second-order valence-electron chi connectivity index (χ2n) is 6.33. The van der Waals surface area contributed by atoms with E-state index < -0.39 is 0 Å². The molecule has 4 rings (SSSR count). The normalized spacial score (nSPS) is 21.8. The number of hydrogen-bond acceptors (Lipinski definition) is 5. The van der Waals surface area contributed by atoms with Gasteiger partial charge in [0.2, 0.25) is 0 Å². The third-order valence-electron chi connectivity index (χ3n) is 4.86. The maximum absolute atomic E-state index is 9.81. The number of rotatable bonds is 4. The Kier molecular flexibility index (Phi) is 3.75. The molecule has 0 bridgehead atoms. The molecular formula is C17H18N6O. The van der Waals surface area contributed by atoms with Crippen LogP contribution in [-0.2, 0) is 0 Å². The molecule has 1 fully saturated rings. The first-order valence-electron chi connectivity index (χ1n) is 8.14. The third-order valence-corrected chi connectivity index (χ3v) is 4.86. The van der Waals surface area contributed by atoms with Crippen molar-refractivity contribution >= 4 is 11.0 Å². The number of aromatic nitrogens is 5. The summed E-state index contributed by atoms with van der Waals surface area (Å²) >= 11 is 0. The Morgan fingerprint density at radius 1 is 1.42 bits per heavy atom. The number of hydrogen-bond donors (Lipinski definition) is 2. The minimum atomic E-state index is -0.257. The number of aliphatic hydroxyl groups excluding tert-OH is 1. The predicted molar refractivity (Wildman–Crippen MR) is 87.7 cm³/mol. The number of aliphatic hydroxyl groups is 1. The summed E-state index contributed by atoms with van der Waals surface area (Å²) in [4.78, 5) is 11.7. The van der Waals surface area contributed by atoms with Crippen molar-refractivity contribution < 1.29 is 5.11 Å². The van der Waals surface area contributed by atoms with Crippen molar-refractivity contribution in [2.24, 2.45) is 5.92 Å². The van der Waals surface area contributed by atoms with Gasteiger partial charge in [0.05, 0.1) is 36.5 Å². The Bertz CT molecular complexity index is 892. The summed E-state index contributed by atoms with van der Waals surface area (Å²) in [5, 5.41) is 24.4. The van der Waals surface area contributed by atoms with Crippen molar-refractivity contribution in [1.29, 1.82) is 5.26 Å². The van der Waals surface area contributed by atoms with Gasteiger partial charge in [-0.2, -0.15) is 10.4 Å². The summed E-state index contributed by atoms with van der Waals surface area (Å²) in [6, 6.07) is 4.20. The minimum Gasteiger partial charge on any atom is -0.393 e. The van der Waals surface area contributed by atoms with Gasteiger partial charge < -0.3 is 10.1 Å². The minimum absolute atomic E-state index is 0.00977. The molecule has 2 N–H and O–H groups in total. The highest BCUT2D eigenvalue weighted by molar-refractivity contribution is 5.89. The lowest BCUT2D eigenvalue weighted by Gasteiger charge is -2.21. The molecule has 3 heterocycles. The zero-order chi connectivity index (χ0) is 16.5. The van der Waals surface area contributed by atoms with Crippen LogP contribution in [-0.4, -0.2) is 35.9 Å². The first kappa shape index (κ1) is 14.8. The largest absolute Gasteiger partial charge is 0.393 e. The van der Waals surface area contributed by atoms with Crippen molar-refractivity contribution in [1.82, 2.24) is 24.7 Å². The fourth-order valence-corrected chi connectivity index (χ4v) is 3.65. The van der Waals surface area contributed by atoms with Crippen LogP contribution in [0.1, 0.15) is 31.7 Å². The fraction of sp³-hybridized carbons (Fsp3) is 0.412. The van der Waals surface area contributed by atoms with Gasteiger partial charge in [0.25, 0.3) is 0 Å². The summed E-state index contributed by atoms with van der Waals surface area (Å²) < 4.78 is 1.86. The lowest BCUT2D eigenvalue weighted by molar-refractivity contribution is 0.170. The molecule has 3 aromatic rings. The van der Waals surface area contributed by atoms with E-state index in [0.29, 0.717) is 6.42 Å². The standard InChI is InChI=1S/C17H18N6O/c18-5-3-15(11-1-2-13(24)7-11)23-9-12(8-22-23)16-14-4-6-19-17(14)21-10-20-16/h4,6,8-11,13,15,24H,1-3,7H2,(H,19,20,21)/t11?,13?,15-/m1/s1. The molecule has 0 aromatic carbocycles. The maximum atomic E-state index is 9.81. The van der Waals surface area contributed by atoms with Gasteiger partial charge in [-0.3, -0.25) is 4.68 Å². The predicted octanol–water partition coefficient (Wildman–Crippen LogP) is 2.44. The van der Waals surface area contributed by atoms with E-state index >= 15 is 0 Å². The molecule has 7 heteroatoms. The summed E-state index contributed by atoms with van der Waals surface area (Å²) in [7, 11) is 0. The van der Waals surface area contributed by atoms with E-state index in [0.717, 1.165) is 41.6 Å². The second kappa shape index (κ2) is 6.06. The van der Waals surface area contributed by atoms with E-state index in [-0.39, 0.29) is 18.1 Å². The van der Waals surface area contributed by atoms with E-state index in [9.17, 15) is 10.4 Å². The molecule has 7 nitrogen and oxygen atoms in total. The summed E-state index contributed by atoms with van der Waals surface area (Å²) in [6.45, 7) is 0.